The summed E-state index contributed by atoms with van der Waals surface area (Å²) in [5, 5.41) is 4.07. The first-order valence-electron chi connectivity index (χ1n) is 6.22. The van der Waals surface area contributed by atoms with Crippen LogP contribution in [0, 0.1) is 0 Å². The average Bonchev–Trinajstić information content (AvgIpc) is 2.82. The Kier molecular flexibility index (Phi) is 3.93. The summed E-state index contributed by atoms with van der Waals surface area (Å²) in [5.74, 6) is 0.931. The van der Waals surface area contributed by atoms with Crippen molar-refractivity contribution in [3.8, 4) is 11.5 Å². The van der Waals surface area contributed by atoms with Crippen LogP contribution in [0.15, 0.2) is 30.3 Å². The van der Waals surface area contributed by atoms with Crippen LogP contribution in [0.4, 0.5) is 5.82 Å². The zero-order valence-electron chi connectivity index (χ0n) is 11.7. The molecule has 0 spiro atoms. The first-order valence-corrected chi connectivity index (χ1v) is 6.22. The van der Waals surface area contributed by atoms with E-state index in [0.717, 1.165) is 0 Å². The molecule has 1 aromatic carbocycles. The monoisotopic (exact) mass is 275 g/mol. The Morgan fingerprint density at radius 2 is 1.85 bits per heavy atom. The number of hydrogen-bond donors (Lipinski definition) is 1. The quantitative estimate of drug-likeness (QED) is 0.684. The van der Waals surface area contributed by atoms with E-state index in [1.165, 1.54) is 6.07 Å². The summed E-state index contributed by atoms with van der Waals surface area (Å²) in [6, 6.07) is 8.29. The highest BCUT2D eigenvalue weighted by molar-refractivity contribution is 5.90. The van der Waals surface area contributed by atoms with Crippen molar-refractivity contribution in [2.24, 2.45) is 0 Å². The van der Waals surface area contributed by atoms with Crippen molar-refractivity contribution in [3.63, 3.8) is 0 Å². The van der Waals surface area contributed by atoms with E-state index in [4.69, 9.17) is 15.2 Å². The number of nitrogens with zero attached hydrogens (tertiary/aromatic N) is 2. The van der Waals surface area contributed by atoms with Gasteiger partial charge < -0.3 is 15.2 Å². The number of carbonyl (C=O) groups excluding carboxylic acids is 1. The lowest BCUT2D eigenvalue weighted by molar-refractivity contribution is 0.0719. The minimum atomic E-state index is -0.493. The molecule has 2 N–H and O–H groups in total. The Labute approximate surface area is 117 Å². The van der Waals surface area contributed by atoms with Crippen LogP contribution in [0.25, 0.3) is 0 Å². The number of nitrogens with two attached hydrogens (primary N) is 1. The second-order valence-corrected chi connectivity index (χ2v) is 4.56. The molecule has 0 saturated carbocycles. The number of rotatable bonds is 4. The van der Waals surface area contributed by atoms with Gasteiger partial charge in [0.05, 0.1) is 7.11 Å². The van der Waals surface area contributed by atoms with Gasteiger partial charge in [0.25, 0.3) is 0 Å². The Bertz CT molecular complexity index is 603. The predicted molar refractivity (Wildman–Crippen MR) is 75.0 cm³/mol. The minimum absolute atomic E-state index is 0.0192. The fourth-order valence-corrected chi connectivity index (χ4v) is 1.76. The van der Waals surface area contributed by atoms with Gasteiger partial charge in [-0.1, -0.05) is 0 Å². The first kappa shape index (κ1) is 13.9. The van der Waals surface area contributed by atoms with Gasteiger partial charge in [-0.25, -0.2) is 4.79 Å². The topological polar surface area (TPSA) is 79.4 Å². The summed E-state index contributed by atoms with van der Waals surface area (Å²) in [7, 11) is 1.57. The molecular weight excluding hydrogens is 258 g/mol. The Hall–Kier alpha value is -2.50. The number of anilines is 1. The van der Waals surface area contributed by atoms with Gasteiger partial charge in [0.2, 0.25) is 0 Å². The van der Waals surface area contributed by atoms with Crippen molar-refractivity contribution >= 4 is 11.8 Å². The predicted octanol–water partition coefficient (Wildman–Crippen LogP) is 2.27. The third-order valence-electron chi connectivity index (χ3n) is 2.72. The van der Waals surface area contributed by atoms with Gasteiger partial charge >= 0.3 is 5.97 Å². The average molecular weight is 275 g/mol. The molecular formula is C14H17N3O3. The van der Waals surface area contributed by atoms with Gasteiger partial charge in [-0.15, -0.1) is 0 Å². The molecule has 2 aromatic rings. The van der Waals surface area contributed by atoms with E-state index in [2.05, 4.69) is 5.10 Å². The van der Waals surface area contributed by atoms with E-state index in [9.17, 15) is 4.79 Å². The SMILES string of the molecule is COc1ccc(OC(=O)c2cc(N)nn2C(C)C)cc1. The van der Waals surface area contributed by atoms with Crippen LogP contribution in [-0.4, -0.2) is 22.9 Å². The minimum Gasteiger partial charge on any atom is -0.497 e. The standard InChI is InChI=1S/C14H17N3O3/c1-9(2)17-12(8-13(15)16-17)14(18)20-11-6-4-10(19-3)5-7-11/h4-9H,1-3H3,(H2,15,16). The molecule has 106 valence electrons. The summed E-state index contributed by atoms with van der Waals surface area (Å²) in [5.41, 5.74) is 5.96. The smallest absolute Gasteiger partial charge is 0.362 e. The number of aromatic nitrogens is 2. The highest BCUT2D eigenvalue weighted by Crippen LogP contribution is 2.19. The number of benzene rings is 1. The molecule has 6 nitrogen and oxygen atoms in total. The molecule has 0 aliphatic rings. The van der Waals surface area contributed by atoms with Crippen LogP contribution in [0.5, 0.6) is 11.5 Å². The van der Waals surface area contributed by atoms with Gasteiger partial charge in [0, 0.05) is 12.1 Å². The zero-order valence-corrected chi connectivity index (χ0v) is 11.7. The lowest BCUT2D eigenvalue weighted by atomic mass is 10.3. The number of esters is 1. The molecule has 0 bridgehead atoms. The van der Waals surface area contributed by atoms with Crippen LogP contribution >= 0.6 is 0 Å². The lowest BCUT2D eigenvalue weighted by Gasteiger charge is -2.10. The van der Waals surface area contributed by atoms with Crippen molar-refractivity contribution < 1.29 is 14.3 Å². The van der Waals surface area contributed by atoms with Crippen LogP contribution < -0.4 is 15.2 Å². The molecule has 1 aromatic heterocycles. The van der Waals surface area contributed by atoms with E-state index in [1.54, 1.807) is 36.1 Å². The van der Waals surface area contributed by atoms with Crippen molar-refractivity contribution in [2.45, 2.75) is 19.9 Å². The fraction of sp³-hybridized carbons (Fsp3) is 0.286. The Balaban J connectivity index is 2.19. The molecule has 1 heterocycles. The zero-order chi connectivity index (χ0) is 14.7. The highest BCUT2D eigenvalue weighted by Gasteiger charge is 2.18. The summed E-state index contributed by atoms with van der Waals surface area (Å²) >= 11 is 0. The van der Waals surface area contributed by atoms with Crippen molar-refractivity contribution in [3.05, 3.63) is 36.0 Å². The maximum absolute atomic E-state index is 12.1. The summed E-state index contributed by atoms with van der Waals surface area (Å²) in [4.78, 5) is 12.1. The third-order valence-corrected chi connectivity index (χ3v) is 2.72. The summed E-state index contributed by atoms with van der Waals surface area (Å²) in [6.07, 6.45) is 0. The van der Waals surface area contributed by atoms with Crippen LogP contribution in [-0.2, 0) is 0 Å². The van der Waals surface area contributed by atoms with Gasteiger partial charge in [0.15, 0.2) is 0 Å². The second kappa shape index (κ2) is 5.64. The lowest BCUT2D eigenvalue weighted by Crippen LogP contribution is -2.17. The molecule has 2 rings (SSSR count). The van der Waals surface area contributed by atoms with Crippen molar-refractivity contribution in [1.29, 1.82) is 0 Å². The van der Waals surface area contributed by atoms with E-state index in [0.29, 0.717) is 23.0 Å². The summed E-state index contributed by atoms with van der Waals surface area (Å²) < 4.78 is 11.9. The van der Waals surface area contributed by atoms with Crippen LogP contribution in [0.1, 0.15) is 30.4 Å². The molecule has 6 heteroatoms. The molecule has 0 saturated heterocycles. The molecule has 20 heavy (non-hydrogen) atoms. The maximum Gasteiger partial charge on any atom is 0.362 e. The molecule has 0 radical (unpaired) electrons. The van der Waals surface area contributed by atoms with Gasteiger partial charge in [-0.2, -0.15) is 5.10 Å². The van der Waals surface area contributed by atoms with Crippen LogP contribution in [0.3, 0.4) is 0 Å². The van der Waals surface area contributed by atoms with E-state index < -0.39 is 5.97 Å². The molecule has 0 fully saturated rings. The number of nitrogen functional groups attached to an aromatic ring is 1. The van der Waals surface area contributed by atoms with Crippen molar-refractivity contribution in [1.82, 2.24) is 9.78 Å². The number of methoxy groups -OCH3 is 1. The molecule has 0 amide bonds. The molecule has 0 unspecified atom stereocenters. The third kappa shape index (κ3) is 2.90. The fourth-order valence-electron chi connectivity index (χ4n) is 1.76. The van der Waals surface area contributed by atoms with Crippen LogP contribution in [0.2, 0.25) is 0 Å². The number of carbonyl (C=O) groups is 1. The maximum atomic E-state index is 12.1. The Morgan fingerprint density at radius 3 is 2.40 bits per heavy atom. The second-order valence-electron chi connectivity index (χ2n) is 4.56. The van der Waals surface area contributed by atoms with Gasteiger partial charge in [-0.05, 0) is 38.1 Å². The summed E-state index contributed by atoms with van der Waals surface area (Å²) in [6.45, 7) is 3.83. The Morgan fingerprint density at radius 1 is 1.25 bits per heavy atom. The normalized spacial score (nSPS) is 10.6. The number of hydrogen-bond acceptors (Lipinski definition) is 5. The van der Waals surface area contributed by atoms with Crippen molar-refractivity contribution in [2.75, 3.05) is 12.8 Å². The first-order chi connectivity index (χ1) is 9.51. The van der Waals surface area contributed by atoms with Gasteiger partial charge in [-0.3, -0.25) is 4.68 Å². The number of ether oxygens (including phenoxy) is 2. The van der Waals surface area contributed by atoms with E-state index in [1.807, 2.05) is 13.8 Å². The molecule has 0 aliphatic heterocycles. The largest absolute Gasteiger partial charge is 0.497 e. The molecule has 0 atom stereocenters. The highest BCUT2D eigenvalue weighted by atomic mass is 16.5. The van der Waals surface area contributed by atoms with E-state index in [-0.39, 0.29) is 6.04 Å². The van der Waals surface area contributed by atoms with E-state index >= 15 is 0 Å². The molecule has 0 aliphatic carbocycles. The van der Waals surface area contributed by atoms with Gasteiger partial charge in [0.1, 0.15) is 23.0 Å².